The maximum atomic E-state index is 13.5. The molecule has 2 fully saturated rings. The average molecular weight is 788 g/mol. The van der Waals surface area contributed by atoms with Gasteiger partial charge >= 0.3 is 6.09 Å². The zero-order valence-corrected chi connectivity index (χ0v) is 32.6. The van der Waals surface area contributed by atoms with Crippen LogP contribution < -0.4 is 10.8 Å². The quantitative estimate of drug-likeness (QED) is 0.0732. The Bertz CT molecular complexity index is 1640. The lowest BCUT2D eigenvalue weighted by Crippen LogP contribution is -2.56. The molecule has 2 aliphatic heterocycles. The molecule has 2 heterocycles. The van der Waals surface area contributed by atoms with Crippen LogP contribution in [0.5, 0.6) is 0 Å². The Balaban J connectivity index is 1.57. The van der Waals surface area contributed by atoms with E-state index in [0.717, 1.165) is 16.9 Å². The number of nitrogens with zero attached hydrogens (tertiary/aromatic N) is 1. The molecule has 0 aromatic heterocycles. The minimum atomic E-state index is -1.11. The van der Waals surface area contributed by atoms with E-state index in [1.165, 1.54) is 53.0 Å². The van der Waals surface area contributed by atoms with E-state index >= 15 is 0 Å². The van der Waals surface area contributed by atoms with Gasteiger partial charge in [0.2, 0.25) is 0 Å². The number of ether oxygens (including phenoxy) is 4. The average Bonchev–Trinajstić information content (AvgIpc) is 3.12. The van der Waals surface area contributed by atoms with Crippen molar-refractivity contribution in [2.24, 2.45) is 5.92 Å². The molecule has 3 N–H and O–H groups in total. The number of nitro benzene ring substituents is 1. The summed E-state index contributed by atoms with van der Waals surface area (Å²) in [6.45, 7) is 5.70. The van der Waals surface area contributed by atoms with E-state index in [0.29, 0.717) is 23.0 Å². The van der Waals surface area contributed by atoms with Gasteiger partial charge in [0, 0.05) is 52.9 Å². The SMILES string of the molecule is C#C/C=C\C#C[C@H](OC1CC(O)[C@H](NOC2CC[C@H](SC)C(C)O2)C(C)O1)C1=C(NC(=O)OC)C(=O)CC(C)/C1=C/CSSc1ccc([N+](=O)[O-])cc1. The summed E-state index contributed by atoms with van der Waals surface area (Å²) in [5, 5.41) is 25.3. The lowest BCUT2D eigenvalue weighted by atomic mass is 9.79. The Hall–Kier alpha value is -3.29. The number of allylic oxidation sites excluding steroid dienone is 3. The molecule has 53 heavy (non-hydrogen) atoms. The van der Waals surface area contributed by atoms with E-state index in [4.69, 9.17) is 30.2 Å². The second kappa shape index (κ2) is 21.0. The minimum absolute atomic E-state index is 0.00362. The molecular formula is C37H45N3O10S3. The molecule has 286 valence electrons. The number of carbonyl (C=O) groups excluding carboxylic acids is 2. The number of methoxy groups -OCH3 is 1. The van der Waals surface area contributed by atoms with Crippen LogP contribution in [0.1, 0.15) is 46.5 Å². The number of non-ortho nitro benzene ring substituents is 1. The molecule has 1 amide bonds. The first-order valence-corrected chi connectivity index (χ1v) is 20.6. The Morgan fingerprint density at radius 1 is 1.17 bits per heavy atom. The van der Waals surface area contributed by atoms with E-state index in [1.54, 1.807) is 30.8 Å². The fourth-order valence-corrected chi connectivity index (χ4v) is 8.77. The zero-order chi connectivity index (χ0) is 38.5. The van der Waals surface area contributed by atoms with Gasteiger partial charge in [-0.25, -0.2) is 4.79 Å². The number of Topliss-reactive ketones (excluding diaryl/α,β-unsaturated/α-hetero) is 1. The number of benzene rings is 1. The molecule has 2 saturated heterocycles. The number of thioether (sulfide) groups is 1. The van der Waals surface area contributed by atoms with Crippen LogP contribution in [0, 0.1) is 40.2 Å². The fourth-order valence-electron chi connectivity index (χ4n) is 6.10. The van der Waals surface area contributed by atoms with Gasteiger partial charge in [0.1, 0.15) is 6.10 Å². The van der Waals surface area contributed by atoms with Crippen molar-refractivity contribution in [1.29, 1.82) is 0 Å². The topological polar surface area (TPSA) is 168 Å². The number of rotatable bonds is 13. The van der Waals surface area contributed by atoms with Crippen molar-refractivity contribution >= 4 is 50.9 Å². The molecule has 0 spiro atoms. The molecule has 16 heteroatoms. The highest BCUT2D eigenvalue weighted by Crippen LogP contribution is 2.38. The van der Waals surface area contributed by atoms with Gasteiger partial charge in [-0.2, -0.15) is 17.2 Å². The third-order valence-electron chi connectivity index (χ3n) is 8.83. The zero-order valence-electron chi connectivity index (χ0n) is 30.1. The largest absolute Gasteiger partial charge is 0.453 e. The van der Waals surface area contributed by atoms with Gasteiger partial charge in [-0.1, -0.05) is 52.3 Å². The van der Waals surface area contributed by atoms with E-state index in [-0.39, 0.29) is 42.0 Å². The second-order valence-electron chi connectivity index (χ2n) is 12.5. The number of aliphatic hydroxyl groups excluding tert-OH is 1. The number of aliphatic hydroxyl groups is 1. The third kappa shape index (κ3) is 12.1. The molecule has 0 saturated carbocycles. The molecule has 1 aromatic rings. The lowest BCUT2D eigenvalue weighted by molar-refractivity contribution is -0.384. The predicted molar refractivity (Wildman–Crippen MR) is 205 cm³/mol. The van der Waals surface area contributed by atoms with Crippen LogP contribution in [0.3, 0.4) is 0 Å². The number of ketones is 1. The van der Waals surface area contributed by atoms with Crippen LogP contribution in [-0.2, 0) is 28.6 Å². The van der Waals surface area contributed by atoms with E-state index in [1.807, 2.05) is 19.9 Å². The highest BCUT2D eigenvalue weighted by Gasteiger charge is 2.41. The van der Waals surface area contributed by atoms with Crippen LogP contribution in [0.25, 0.3) is 0 Å². The maximum absolute atomic E-state index is 13.5. The number of carbonyl (C=O) groups is 2. The summed E-state index contributed by atoms with van der Waals surface area (Å²) in [5.74, 6) is 8.14. The molecular weight excluding hydrogens is 743 g/mol. The van der Waals surface area contributed by atoms with Crippen molar-refractivity contribution in [2.75, 3.05) is 19.1 Å². The third-order valence-corrected chi connectivity index (χ3v) is 12.3. The standard InChI is InChI=1S/C37H45N3O10S3/c1-7-8-9-10-11-30(49-33-21-29(42)35(24(4)48-33)39-50-32-17-16-31(51-6)23(3)47-32)34-27(22(2)20-28(41)36(34)38-37(43)46-5)18-19-52-53-26-14-12-25(13-15-26)40(44)45/h1,8-9,12-15,18,22-24,29-33,35,39,42H,16-17,19-21H2,2-6H3,(H,38,43)/b9-8-,27-18-/t22?,23?,24?,29?,30-,31-,32?,33?,35+/m0/s1. The number of terminal acetylenes is 1. The summed E-state index contributed by atoms with van der Waals surface area (Å²) >= 11 is 1.77. The minimum Gasteiger partial charge on any atom is -0.453 e. The van der Waals surface area contributed by atoms with Crippen molar-refractivity contribution < 1.29 is 43.4 Å². The maximum Gasteiger partial charge on any atom is 0.411 e. The fraction of sp³-hybridized carbons (Fsp3) is 0.514. The number of nitro groups is 1. The highest BCUT2D eigenvalue weighted by molar-refractivity contribution is 8.76. The van der Waals surface area contributed by atoms with Crippen molar-refractivity contribution in [1.82, 2.24) is 10.8 Å². The summed E-state index contributed by atoms with van der Waals surface area (Å²) in [6, 6.07) is 5.64. The number of hydrogen-bond donors (Lipinski definition) is 3. The van der Waals surface area contributed by atoms with Gasteiger partial charge in [0.25, 0.3) is 5.69 Å². The summed E-state index contributed by atoms with van der Waals surface area (Å²) in [6.07, 6.45) is 9.19. The molecule has 0 radical (unpaired) electrons. The Kier molecular flexibility index (Phi) is 16.8. The van der Waals surface area contributed by atoms with Crippen LogP contribution in [0.4, 0.5) is 10.5 Å². The first kappa shape index (κ1) is 42.5. The van der Waals surface area contributed by atoms with E-state index in [9.17, 15) is 24.8 Å². The Labute approximate surface area is 322 Å². The summed E-state index contributed by atoms with van der Waals surface area (Å²) in [7, 11) is 4.11. The normalized spacial score (nSPS) is 28.9. The van der Waals surface area contributed by atoms with E-state index in [2.05, 4.69) is 34.8 Å². The number of amides is 1. The molecule has 1 aliphatic carbocycles. The van der Waals surface area contributed by atoms with Gasteiger partial charge in [-0.05, 0) is 62.3 Å². The molecule has 13 nitrogen and oxygen atoms in total. The van der Waals surface area contributed by atoms with Crippen molar-refractivity contribution in [3.63, 3.8) is 0 Å². The van der Waals surface area contributed by atoms with Crippen LogP contribution >= 0.6 is 33.3 Å². The summed E-state index contributed by atoms with van der Waals surface area (Å²) < 4.78 is 23.5. The van der Waals surface area contributed by atoms with Crippen LogP contribution in [-0.4, -0.2) is 89.3 Å². The van der Waals surface area contributed by atoms with Gasteiger partial charge in [-0.15, -0.1) is 6.42 Å². The number of hydroxylamine groups is 1. The molecule has 1 aromatic carbocycles. The molecule has 4 rings (SSSR count). The van der Waals surface area contributed by atoms with Crippen molar-refractivity contribution in [3.05, 3.63) is 69.5 Å². The monoisotopic (exact) mass is 787 g/mol. The Morgan fingerprint density at radius 2 is 1.91 bits per heavy atom. The van der Waals surface area contributed by atoms with Crippen molar-refractivity contribution in [2.45, 2.75) is 99.6 Å². The van der Waals surface area contributed by atoms with Crippen LogP contribution in [0.15, 0.2) is 64.2 Å². The van der Waals surface area contributed by atoms with Crippen LogP contribution in [0.2, 0.25) is 0 Å². The summed E-state index contributed by atoms with van der Waals surface area (Å²) in [4.78, 5) is 43.3. The highest BCUT2D eigenvalue weighted by atomic mass is 33.1. The number of hydrogen-bond acceptors (Lipinski definition) is 14. The van der Waals surface area contributed by atoms with E-state index < -0.39 is 48.0 Å². The smallest absolute Gasteiger partial charge is 0.411 e. The molecule has 0 bridgehead atoms. The van der Waals surface area contributed by atoms with Gasteiger partial charge < -0.3 is 24.1 Å². The molecule has 3 aliphatic rings. The first-order chi connectivity index (χ1) is 25.4. The predicted octanol–water partition coefficient (Wildman–Crippen LogP) is 5.70. The first-order valence-electron chi connectivity index (χ1n) is 17.0. The van der Waals surface area contributed by atoms with Gasteiger partial charge in [0.05, 0.1) is 42.1 Å². The van der Waals surface area contributed by atoms with Gasteiger partial charge in [0.15, 0.2) is 18.4 Å². The summed E-state index contributed by atoms with van der Waals surface area (Å²) in [5.41, 5.74) is 4.00. The number of nitrogens with one attached hydrogen (secondary N) is 2. The second-order valence-corrected chi connectivity index (χ2v) is 16.0. The Morgan fingerprint density at radius 3 is 2.55 bits per heavy atom. The molecule has 6 unspecified atom stereocenters. The number of alkyl carbamates (subject to hydrolysis) is 1. The van der Waals surface area contributed by atoms with Gasteiger partial charge in [-0.3, -0.25) is 25.1 Å². The lowest BCUT2D eigenvalue weighted by Gasteiger charge is -2.41. The molecule has 9 atom stereocenters. The van der Waals surface area contributed by atoms with Crippen molar-refractivity contribution in [3.8, 4) is 24.2 Å².